The minimum Gasteiger partial charge on any atom is -0.506 e. The summed E-state index contributed by atoms with van der Waals surface area (Å²) in [7, 11) is 0. The molecule has 0 spiro atoms. The van der Waals surface area contributed by atoms with Gasteiger partial charge in [0.25, 0.3) is 0 Å². The van der Waals surface area contributed by atoms with Crippen molar-refractivity contribution in [3.05, 3.63) is 36.5 Å². The number of rotatable bonds is 1. The highest BCUT2D eigenvalue weighted by Crippen LogP contribution is 2.25. The van der Waals surface area contributed by atoms with Crippen molar-refractivity contribution in [3.8, 4) is 17.0 Å². The van der Waals surface area contributed by atoms with Gasteiger partial charge in [-0.25, -0.2) is 0 Å². The molecule has 0 radical (unpaired) electrons. The highest BCUT2D eigenvalue weighted by Gasteiger charge is 2.01. The molecule has 4 nitrogen and oxygen atoms in total. The van der Waals surface area contributed by atoms with E-state index in [1.165, 1.54) is 0 Å². The van der Waals surface area contributed by atoms with E-state index in [0.29, 0.717) is 5.69 Å². The smallest absolute Gasteiger partial charge is 0.138 e. The molecule has 3 N–H and O–H groups in total. The maximum absolute atomic E-state index is 9.23. The summed E-state index contributed by atoms with van der Waals surface area (Å²) in [6.07, 6.45) is 1.60. The second-order valence-electron chi connectivity index (χ2n) is 2.88. The van der Waals surface area contributed by atoms with Gasteiger partial charge in [0.05, 0.1) is 11.4 Å². The predicted octanol–water partition coefficient (Wildman–Crippen LogP) is 1.43. The van der Waals surface area contributed by atoms with E-state index in [1.807, 2.05) is 6.07 Å². The molecule has 0 aliphatic rings. The third-order valence-corrected chi connectivity index (χ3v) is 1.90. The second kappa shape index (κ2) is 3.33. The van der Waals surface area contributed by atoms with E-state index in [2.05, 4.69) is 10.2 Å². The van der Waals surface area contributed by atoms with Crippen molar-refractivity contribution in [2.24, 2.45) is 0 Å². The number of benzene rings is 1. The van der Waals surface area contributed by atoms with Crippen LogP contribution in [0, 0.1) is 0 Å². The largest absolute Gasteiger partial charge is 0.506 e. The van der Waals surface area contributed by atoms with Gasteiger partial charge >= 0.3 is 0 Å². The zero-order chi connectivity index (χ0) is 9.97. The van der Waals surface area contributed by atoms with Gasteiger partial charge in [-0.1, -0.05) is 0 Å². The zero-order valence-electron chi connectivity index (χ0n) is 7.38. The van der Waals surface area contributed by atoms with E-state index in [0.717, 1.165) is 11.3 Å². The SMILES string of the molecule is Nc1cc(-c2cccnn2)ccc1O. The van der Waals surface area contributed by atoms with E-state index in [4.69, 9.17) is 5.73 Å². The number of hydrogen-bond donors (Lipinski definition) is 2. The molecule has 1 heterocycles. The maximum Gasteiger partial charge on any atom is 0.138 e. The summed E-state index contributed by atoms with van der Waals surface area (Å²) in [6, 6.07) is 8.58. The van der Waals surface area contributed by atoms with Crippen LogP contribution >= 0.6 is 0 Å². The number of nitrogens with two attached hydrogens (primary N) is 1. The third kappa shape index (κ3) is 1.50. The monoisotopic (exact) mass is 187 g/mol. The van der Waals surface area contributed by atoms with Crippen LogP contribution in [0.15, 0.2) is 36.5 Å². The van der Waals surface area contributed by atoms with E-state index < -0.39 is 0 Å². The molecule has 0 amide bonds. The molecule has 1 aromatic heterocycles. The Bertz CT molecular complexity index is 442. The van der Waals surface area contributed by atoms with Crippen LogP contribution < -0.4 is 5.73 Å². The molecule has 1 aromatic carbocycles. The Morgan fingerprint density at radius 1 is 1.21 bits per heavy atom. The van der Waals surface area contributed by atoms with Crippen molar-refractivity contribution in [2.75, 3.05) is 5.73 Å². The molecule has 2 rings (SSSR count). The average molecular weight is 187 g/mol. The summed E-state index contributed by atoms with van der Waals surface area (Å²) in [6.45, 7) is 0. The van der Waals surface area contributed by atoms with Crippen LogP contribution in [0.5, 0.6) is 5.75 Å². The number of nitrogen functional groups attached to an aromatic ring is 1. The average Bonchev–Trinajstić information content (AvgIpc) is 2.23. The number of phenols is 1. The summed E-state index contributed by atoms with van der Waals surface area (Å²) in [5, 5.41) is 16.9. The fraction of sp³-hybridized carbons (Fsp3) is 0. The van der Waals surface area contributed by atoms with Gasteiger partial charge in [0.2, 0.25) is 0 Å². The van der Waals surface area contributed by atoms with Gasteiger partial charge in [-0.3, -0.25) is 0 Å². The number of phenolic OH excluding ortho intramolecular Hbond substituents is 1. The number of anilines is 1. The Kier molecular flexibility index (Phi) is 2.02. The molecule has 2 aromatic rings. The lowest BCUT2D eigenvalue weighted by Gasteiger charge is -2.02. The van der Waals surface area contributed by atoms with Crippen LogP contribution in [0.2, 0.25) is 0 Å². The van der Waals surface area contributed by atoms with Gasteiger partial charge < -0.3 is 10.8 Å². The molecular weight excluding hydrogens is 178 g/mol. The third-order valence-electron chi connectivity index (χ3n) is 1.90. The van der Waals surface area contributed by atoms with E-state index in [1.54, 1.807) is 30.5 Å². The molecule has 4 heteroatoms. The molecule has 0 saturated heterocycles. The van der Waals surface area contributed by atoms with Gasteiger partial charge in [0.15, 0.2) is 0 Å². The highest BCUT2D eigenvalue weighted by molar-refractivity contribution is 5.67. The van der Waals surface area contributed by atoms with Gasteiger partial charge in [-0.05, 0) is 30.3 Å². The summed E-state index contributed by atoms with van der Waals surface area (Å²) in [5.74, 6) is 0.0811. The molecule has 70 valence electrons. The van der Waals surface area contributed by atoms with Gasteiger partial charge in [0, 0.05) is 11.8 Å². The first-order valence-electron chi connectivity index (χ1n) is 4.14. The Morgan fingerprint density at radius 2 is 2.07 bits per heavy atom. The molecule has 0 atom stereocenters. The lowest BCUT2D eigenvalue weighted by Crippen LogP contribution is -1.89. The van der Waals surface area contributed by atoms with E-state index >= 15 is 0 Å². The molecule has 0 aliphatic carbocycles. The lowest BCUT2D eigenvalue weighted by atomic mass is 10.1. The quantitative estimate of drug-likeness (QED) is 0.523. The molecule has 0 aliphatic heterocycles. The molecule has 14 heavy (non-hydrogen) atoms. The van der Waals surface area contributed by atoms with Crippen molar-refractivity contribution >= 4 is 5.69 Å². The van der Waals surface area contributed by atoms with E-state index in [-0.39, 0.29) is 5.75 Å². The topological polar surface area (TPSA) is 72.0 Å². The molecule has 0 fully saturated rings. The fourth-order valence-electron chi connectivity index (χ4n) is 1.17. The van der Waals surface area contributed by atoms with Crippen molar-refractivity contribution < 1.29 is 5.11 Å². The van der Waals surface area contributed by atoms with Crippen LogP contribution in [0.1, 0.15) is 0 Å². The highest BCUT2D eigenvalue weighted by atomic mass is 16.3. The van der Waals surface area contributed by atoms with Crippen molar-refractivity contribution in [3.63, 3.8) is 0 Å². The number of aromatic hydroxyl groups is 1. The second-order valence-corrected chi connectivity index (χ2v) is 2.88. The lowest BCUT2D eigenvalue weighted by molar-refractivity contribution is 0.478. The maximum atomic E-state index is 9.23. The minimum atomic E-state index is 0.0811. The molecule has 0 bridgehead atoms. The van der Waals surface area contributed by atoms with Crippen LogP contribution in [0.25, 0.3) is 11.3 Å². The first-order chi connectivity index (χ1) is 6.77. The van der Waals surface area contributed by atoms with Gasteiger partial charge in [-0.15, -0.1) is 0 Å². The van der Waals surface area contributed by atoms with Gasteiger partial charge in [0.1, 0.15) is 5.75 Å². The molecule has 0 unspecified atom stereocenters. The van der Waals surface area contributed by atoms with Crippen molar-refractivity contribution in [2.45, 2.75) is 0 Å². The Balaban J connectivity index is 2.48. The number of aromatic nitrogens is 2. The summed E-state index contributed by atoms with van der Waals surface area (Å²) in [4.78, 5) is 0. The Morgan fingerprint density at radius 3 is 2.71 bits per heavy atom. The van der Waals surface area contributed by atoms with Crippen molar-refractivity contribution in [1.82, 2.24) is 10.2 Å². The normalized spacial score (nSPS) is 10.0. The molecular formula is C10H9N3O. The van der Waals surface area contributed by atoms with E-state index in [9.17, 15) is 5.11 Å². The number of hydrogen-bond acceptors (Lipinski definition) is 4. The first-order valence-corrected chi connectivity index (χ1v) is 4.14. The van der Waals surface area contributed by atoms with Crippen LogP contribution in [-0.2, 0) is 0 Å². The molecule has 0 saturated carbocycles. The standard InChI is InChI=1S/C10H9N3O/c11-8-6-7(3-4-10(8)14)9-2-1-5-12-13-9/h1-6,14H,11H2. The van der Waals surface area contributed by atoms with Crippen LogP contribution in [0.4, 0.5) is 5.69 Å². The minimum absolute atomic E-state index is 0.0811. The van der Waals surface area contributed by atoms with Crippen LogP contribution in [-0.4, -0.2) is 15.3 Å². The Labute approximate surface area is 81.0 Å². The van der Waals surface area contributed by atoms with Crippen molar-refractivity contribution in [1.29, 1.82) is 0 Å². The van der Waals surface area contributed by atoms with Crippen LogP contribution in [0.3, 0.4) is 0 Å². The van der Waals surface area contributed by atoms with Gasteiger partial charge in [-0.2, -0.15) is 10.2 Å². The first kappa shape index (κ1) is 8.50. The predicted molar refractivity (Wildman–Crippen MR) is 53.5 cm³/mol. The zero-order valence-corrected chi connectivity index (χ0v) is 7.38. The fourth-order valence-corrected chi connectivity index (χ4v) is 1.17. The summed E-state index contributed by atoms with van der Waals surface area (Å²) in [5.41, 5.74) is 7.48. The number of nitrogens with zero attached hydrogens (tertiary/aromatic N) is 2. The Hall–Kier alpha value is -2.10. The summed E-state index contributed by atoms with van der Waals surface area (Å²) >= 11 is 0. The summed E-state index contributed by atoms with van der Waals surface area (Å²) < 4.78 is 0.